The molecule has 8 nitrogen and oxygen atoms in total. The van der Waals surface area contributed by atoms with Crippen molar-refractivity contribution in [3.05, 3.63) is 81.7 Å². The van der Waals surface area contributed by atoms with Crippen LogP contribution in [0.15, 0.2) is 42.6 Å². The molecule has 0 saturated heterocycles. The van der Waals surface area contributed by atoms with E-state index in [0.717, 1.165) is 0 Å². The van der Waals surface area contributed by atoms with Crippen molar-refractivity contribution in [2.75, 3.05) is 7.11 Å². The van der Waals surface area contributed by atoms with Crippen molar-refractivity contribution in [3.63, 3.8) is 0 Å². The lowest BCUT2D eigenvalue weighted by Crippen LogP contribution is -2.13. The van der Waals surface area contributed by atoms with E-state index in [9.17, 15) is 24.9 Å². The third kappa shape index (κ3) is 3.97. The van der Waals surface area contributed by atoms with E-state index in [2.05, 4.69) is 4.98 Å². The molecule has 176 valence electrons. The monoisotopic (exact) mass is 463 g/mol. The van der Waals surface area contributed by atoms with Gasteiger partial charge in [0.05, 0.1) is 31.4 Å². The summed E-state index contributed by atoms with van der Waals surface area (Å²) in [5.41, 5.74) is 2.31. The quantitative estimate of drug-likeness (QED) is 0.370. The second-order valence-corrected chi connectivity index (χ2v) is 8.25. The molecule has 1 aromatic heterocycles. The smallest absolute Gasteiger partial charge is 0.306 e. The maximum atomic E-state index is 12.5. The molecule has 34 heavy (non-hydrogen) atoms. The van der Waals surface area contributed by atoms with Gasteiger partial charge in [-0.15, -0.1) is 0 Å². The minimum atomic E-state index is -0.899. The predicted octanol–water partition coefficient (Wildman–Crippen LogP) is 4.02. The summed E-state index contributed by atoms with van der Waals surface area (Å²) in [6.45, 7) is 3.10. The number of hydrogen-bond acceptors (Lipinski definition) is 8. The topological polar surface area (TPSA) is 126 Å². The minimum absolute atomic E-state index is 0.0154. The number of benzene rings is 2. The molecule has 0 aliphatic carbocycles. The zero-order valence-electron chi connectivity index (χ0n) is 19.0. The summed E-state index contributed by atoms with van der Waals surface area (Å²) in [4.78, 5) is 28.9. The van der Waals surface area contributed by atoms with Crippen LogP contribution in [0.4, 0.5) is 0 Å². The molecule has 2 heterocycles. The number of methoxy groups -OCH3 is 1. The van der Waals surface area contributed by atoms with Crippen LogP contribution in [0.1, 0.15) is 69.2 Å². The molecule has 0 bridgehead atoms. The summed E-state index contributed by atoms with van der Waals surface area (Å²) in [6, 6.07) is 10.2. The molecule has 0 saturated carbocycles. The first-order valence-electron chi connectivity index (χ1n) is 10.7. The van der Waals surface area contributed by atoms with E-state index in [1.165, 1.54) is 20.1 Å². The highest BCUT2D eigenvalue weighted by molar-refractivity contribution is 5.98. The number of ether oxygens (including phenoxy) is 2. The van der Waals surface area contributed by atoms with Crippen molar-refractivity contribution < 1.29 is 34.4 Å². The Morgan fingerprint density at radius 3 is 2.50 bits per heavy atom. The summed E-state index contributed by atoms with van der Waals surface area (Å²) in [7, 11) is 1.25. The molecule has 3 aromatic rings. The van der Waals surface area contributed by atoms with E-state index in [0.29, 0.717) is 22.4 Å². The molecule has 8 heteroatoms. The Labute approximate surface area is 196 Å². The number of nitrogens with zero attached hydrogens (tertiary/aromatic N) is 1. The molecule has 0 fully saturated rings. The molecular formula is C26H25NO7. The SMILES string of the molecule is COC(=O)C[C@@H](c1ccccc1)c1c(O)c(C(C)=O)cc([C@H]2OCc3cnc(C)c(O)c32)c1O. The van der Waals surface area contributed by atoms with Crippen LogP contribution >= 0.6 is 0 Å². The summed E-state index contributed by atoms with van der Waals surface area (Å²) in [5, 5.41) is 33.2. The zero-order chi connectivity index (χ0) is 24.6. The molecule has 2 atom stereocenters. The van der Waals surface area contributed by atoms with Crippen molar-refractivity contribution in [2.24, 2.45) is 0 Å². The Hall–Kier alpha value is -3.91. The maximum Gasteiger partial charge on any atom is 0.306 e. The molecular weight excluding hydrogens is 438 g/mol. The molecule has 3 N–H and O–H groups in total. The summed E-state index contributed by atoms with van der Waals surface area (Å²) < 4.78 is 10.8. The number of hydrogen-bond donors (Lipinski definition) is 3. The fourth-order valence-corrected chi connectivity index (χ4v) is 4.39. The van der Waals surface area contributed by atoms with Gasteiger partial charge in [-0.1, -0.05) is 30.3 Å². The van der Waals surface area contributed by atoms with Gasteiger partial charge in [0.2, 0.25) is 0 Å². The summed E-state index contributed by atoms with van der Waals surface area (Å²) in [5.74, 6) is -2.60. The Bertz CT molecular complexity index is 1270. The lowest BCUT2D eigenvalue weighted by atomic mass is 9.83. The van der Waals surface area contributed by atoms with Gasteiger partial charge < -0.3 is 24.8 Å². The number of phenolic OH excluding ortho intramolecular Hbond substituents is 2. The van der Waals surface area contributed by atoms with Gasteiger partial charge in [0.25, 0.3) is 0 Å². The largest absolute Gasteiger partial charge is 0.507 e. The summed E-state index contributed by atoms with van der Waals surface area (Å²) in [6.07, 6.45) is 0.515. The predicted molar refractivity (Wildman–Crippen MR) is 122 cm³/mol. The first-order valence-corrected chi connectivity index (χ1v) is 10.7. The Morgan fingerprint density at radius 2 is 1.85 bits per heavy atom. The van der Waals surface area contributed by atoms with E-state index in [-0.39, 0.29) is 41.2 Å². The molecule has 0 unspecified atom stereocenters. The number of aromatic nitrogens is 1. The van der Waals surface area contributed by atoms with Crippen LogP contribution in [0.25, 0.3) is 0 Å². The number of ketones is 1. The number of esters is 1. The van der Waals surface area contributed by atoms with E-state index in [4.69, 9.17) is 9.47 Å². The van der Waals surface area contributed by atoms with Crippen LogP contribution in [0.2, 0.25) is 0 Å². The van der Waals surface area contributed by atoms with Crippen LogP contribution in [-0.2, 0) is 20.9 Å². The Morgan fingerprint density at radius 1 is 1.15 bits per heavy atom. The van der Waals surface area contributed by atoms with Gasteiger partial charge in [-0.05, 0) is 25.5 Å². The van der Waals surface area contributed by atoms with E-state index in [1.54, 1.807) is 43.5 Å². The Kier molecular flexibility index (Phi) is 6.26. The number of phenols is 2. The molecule has 0 amide bonds. The number of carbonyl (C=O) groups excluding carboxylic acids is 2. The van der Waals surface area contributed by atoms with Crippen LogP contribution in [0.3, 0.4) is 0 Å². The molecule has 0 spiro atoms. The molecule has 4 rings (SSSR count). The zero-order valence-corrected chi connectivity index (χ0v) is 19.0. The van der Waals surface area contributed by atoms with E-state index in [1.807, 2.05) is 0 Å². The van der Waals surface area contributed by atoms with Crippen molar-refractivity contribution in [1.29, 1.82) is 0 Å². The normalized spacial score (nSPS) is 15.6. The average molecular weight is 463 g/mol. The number of Topliss-reactive ketones (excluding diaryl/α,β-unsaturated/α-hetero) is 1. The highest BCUT2D eigenvalue weighted by Crippen LogP contribution is 2.50. The Balaban J connectivity index is 1.98. The van der Waals surface area contributed by atoms with Gasteiger partial charge in [-0.2, -0.15) is 0 Å². The van der Waals surface area contributed by atoms with Crippen LogP contribution in [-0.4, -0.2) is 39.2 Å². The highest BCUT2D eigenvalue weighted by Gasteiger charge is 2.36. The van der Waals surface area contributed by atoms with Crippen LogP contribution < -0.4 is 0 Å². The number of rotatable bonds is 6. The number of aryl methyl sites for hydroxylation is 1. The van der Waals surface area contributed by atoms with Gasteiger partial charge >= 0.3 is 5.97 Å². The number of fused-ring (bicyclic) bond motifs is 1. The molecule has 0 radical (unpaired) electrons. The first kappa shape index (κ1) is 23.3. The third-order valence-corrected chi connectivity index (χ3v) is 6.17. The third-order valence-electron chi connectivity index (χ3n) is 6.17. The van der Waals surface area contributed by atoms with Crippen molar-refractivity contribution in [1.82, 2.24) is 4.98 Å². The first-order chi connectivity index (χ1) is 16.2. The second kappa shape index (κ2) is 9.15. The number of aromatic hydroxyl groups is 3. The number of pyridine rings is 1. The molecule has 1 aliphatic heterocycles. The van der Waals surface area contributed by atoms with Crippen LogP contribution in [0.5, 0.6) is 17.2 Å². The van der Waals surface area contributed by atoms with Crippen molar-refractivity contribution in [3.8, 4) is 17.2 Å². The average Bonchev–Trinajstić information content (AvgIpc) is 3.25. The fraction of sp³-hybridized carbons (Fsp3) is 0.269. The van der Waals surface area contributed by atoms with Gasteiger partial charge in [-0.25, -0.2) is 0 Å². The van der Waals surface area contributed by atoms with Crippen LogP contribution in [0, 0.1) is 6.92 Å². The van der Waals surface area contributed by atoms with Gasteiger partial charge in [0.15, 0.2) is 5.78 Å². The minimum Gasteiger partial charge on any atom is -0.507 e. The van der Waals surface area contributed by atoms with Crippen molar-refractivity contribution in [2.45, 2.75) is 38.9 Å². The second-order valence-electron chi connectivity index (χ2n) is 8.25. The summed E-state index contributed by atoms with van der Waals surface area (Å²) >= 11 is 0. The number of carbonyl (C=O) groups is 2. The lowest BCUT2D eigenvalue weighted by molar-refractivity contribution is -0.140. The standard InChI is InChI=1S/C26H25NO7/c1-13-23(30)21-16(11-27-13)12-34-26(21)19-9-17(14(2)28)24(31)22(25(19)32)18(10-20(29)33-3)15-7-5-4-6-8-15/h4-9,11,18,26,30-32H,10,12H2,1-3H3/t18-,26+/m0/s1. The van der Waals surface area contributed by atoms with Crippen molar-refractivity contribution >= 4 is 11.8 Å². The molecule has 2 aromatic carbocycles. The fourth-order valence-electron chi connectivity index (χ4n) is 4.39. The van der Waals surface area contributed by atoms with E-state index < -0.39 is 29.5 Å². The van der Waals surface area contributed by atoms with Gasteiger partial charge in [-0.3, -0.25) is 14.6 Å². The highest BCUT2D eigenvalue weighted by atomic mass is 16.5. The van der Waals surface area contributed by atoms with E-state index >= 15 is 0 Å². The maximum absolute atomic E-state index is 12.5. The van der Waals surface area contributed by atoms with Gasteiger partial charge in [0.1, 0.15) is 23.4 Å². The molecule has 1 aliphatic rings. The van der Waals surface area contributed by atoms with Gasteiger partial charge in [0, 0.05) is 34.4 Å². The lowest BCUT2D eigenvalue weighted by Gasteiger charge is -2.24.